The molecule has 0 aliphatic rings. The Morgan fingerprint density at radius 3 is 2.81 bits per heavy atom. The van der Waals surface area contributed by atoms with E-state index in [1.165, 1.54) is 0 Å². The Labute approximate surface area is 125 Å². The predicted octanol–water partition coefficient (Wildman–Crippen LogP) is 3.08. The molecule has 0 aliphatic carbocycles. The number of nitrogen functional groups attached to an aromatic ring is 1. The van der Waals surface area contributed by atoms with Gasteiger partial charge < -0.3 is 5.43 Å². The number of aromatic nitrogens is 3. The molecule has 5 nitrogen and oxygen atoms in total. The van der Waals surface area contributed by atoms with E-state index in [1.54, 1.807) is 31.3 Å². The molecule has 3 aromatic rings. The molecule has 21 heavy (non-hydrogen) atoms. The standard InChI is InChI=1S/C14H11ClFN5/c1-7-11(16)14(21-17)20-13(19-7)9-4-5-10(15)8-3-2-6-18-12(8)9/h2-6H,17H2,1H3,(H,19,20,21). The zero-order valence-electron chi connectivity index (χ0n) is 11.1. The highest BCUT2D eigenvalue weighted by molar-refractivity contribution is 6.35. The van der Waals surface area contributed by atoms with Crippen LogP contribution in [0.5, 0.6) is 0 Å². The average molecular weight is 304 g/mol. The molecule has 1 aromatic carbocycles. The second kappa shape index (κ2) is 5.23. The smallest absolute Gasteiger partial charge is 0.187 e. The number of hydrogen-bond acceptors (Lipinski definition) is 5. The van der Waals surface area contributed by atoms with Gasteiger partial charge in [-0.1, -0.05) is 11.6 Å². The monoisotopic (exact) mass is 303 g/mol. The van der Waals surface area contributed by atoms with Crippen molar-refractivity contribution in [3.63, 3.8) is 0 Å². The van der Waals surface area contributed by atoms with Gasteiger partial charge in [0, 0.05) is 17.1 Å². The summed E-state index contributed by atoms with van der Waals surface area (Å²) in [5.74, 6) is 4.99. The van der Waals surface area contributed by atoms with E-state index >= 15 is 0 Å². The second-order valence-electron chi connectivity index (χ2n) is 4.43. The molecule has 0 aliphatic heterocycles. The van der Waals surface area contributed by atoms with Crippen LogP contribution in [0.1, 0.15) is 5.69 Å². The van der Waals surface area contributed by atoms with Crippen molar-refractivity contribution in [1.29, 1.82) is 0 Å². The van der Waals surface area contributed by atoms with E-state index in [0.717, 1.165) is 5.39 Å². The third kappa shape index (κ3) is 2.28. The first kappa shape index (κ1) is 13.7. The summed E-state index contributed by atoms with van der Waals surface area (Å²) in [6.07, 6.45) is 1.65. The fourth-order valence-corrected chi connectivity index (χ4v) is 2.31. The van der Waals surface area contributed by atoms with Crippen LogP contribution in [-0.2, 0) is 0 Å². The highest BCUT2D eigenvalue weighted by atomic mass is 35.5. The van der Waals surface area contributed by atoms with Crippen molar-refractivity contribution >= 4 is 28.3 Å². The number of nitrogens with two attached hydrogens (primary N) is 1. The summed E-state index contributed by atoms with van der Waals surface area (Å²) in [6.45, 7) is 1.55. The van der Waals surface area contributed by atoms with E-state index in [-0.39, 0.29) is 11.5 Å². The normalized spacial score (nSPS) is 10.9. The van der Waals surface area contributed by atoms with Crippen LogP contribution in [0.3, 0.4) is 0 Å². The largest absolute Gasteiger partial charge is 0.306 e. The second-order valence-corrected chi connectivity index (χ2v) is 4.84. The Hall–Kier alpha value is -2.31. The molecule has 0 amide bonds. The Bertz CT molecular complexity index is 837. The summed E-state index contributed by atoms with van der Waals surface area (Å²) < 4.78 is 13.8. The van der Waals surface area contributed by atoms with Gasteiger partial charge >= 0.3 is 0 Å². The summed E-state index contributed by atoms with van der Waals surface area (Å²) in [5, 5.41) is 1.36. The van der Waals surface area contributed by atoms with Gasteiger partial charge in [-0.25, -0.2) is 20.2 Å². The molecular weight excluding hydrogens is 293 g/mol. The molecule has 0 fully saturated rings. The van der Waals surface area contributed by atoms with E-state index in [0.29, 0.717) is 21.9 Å². The van der Waals surface area contributed by atoms with Crippen molar-refractivity contribution in [2.45, 2.75) is 6.92 Å². The van der Waals surface area contributed by atoms with Crippen molar-refractivity contribution < 1.29 is 4.39 Å². The Morgan fingerprint density at radius 1 is 1.24 bits per heavy atom. The van der Waals surface area contributed by atoms with E-state index in [2.05, 4.69) is 20.4 Å². The SMILES string of the molecule is Cc1nc(-c2ccc(Cl)c3cccnc23)nc(NN)c1F. The number of aryl methyl sites for hydroxylation is 1. The maximum atomic E-state index is 13.8. The molecule has 0 atom stereocenters. The van der Waals surface area contributed by atoms with Crippen molar-refractivity contribution in [3.8, 4) is 11.4 Å². The third-order valence-electron chi connectivity index (χ3n) is 3.11. The summed E-state index contributed by atoms with van der Waals surface area (Å²) in [4.78, 5) is 12.6. The molecule has 0 unspecified atom stereocenters. The minimum absolute atomic E-state index is 0.0588. The van der Waals surface area contributed by atoms with Crippen LogP contribution in [0.25, 0.3) is 22.3 Å². The number of halogens is 2. The fraction of sp³-hybridized carbons (Fsp3) is 0.0714. The molecule has 0 radical (unpaired) electrons. The van der Waals surface area contributed by atoms with Crippen LogP contribution in [0.4, 0.5) is 10.2 Å². The van der Waals surface area contributed by atoms with Gasteiger partial charge in [0.05, 0.1) is 16.2 Å². The summed E-state index contributed by atoms with van der Waals surface area (Å²) in [5.41, 5.74) is 3.75. The summed E-state index contributed by atoms with van der Waals surface area (Å²) in [7, 11) is 0. The topological polar surface area (TPSA) is 76.7 Å². The summed E-state index contributed by atoms with van der Waals surface area (Å²) >= 11 is 6.16. The lowest BCUT2D eigenvalue weighted by atomic mass is 10.1. The molecule has 106 valence electrons. The van der Waals surface area contributed by atoms with Gasteiger partial charge in [0.2, 0.25) is 0 Å². The van der Waals surface area contributed by atoms with Gasteiger partial charge in [-0.3, -0.25) is 4.98 Å². The molecule has 2 heterocycles. The van der Waals surface area contributed by atoms with E-state index < -0.39 is 5.82 Å². The van der Waals surface area contributed by atoms with Crippen molar-refractivity contribution in [2.24, 2.45) is 5.84 Å². The van der Waals surface area contributed by atoms with Crippen LogP contribution in [0, 0.1) is 12.7 Å². The molecule has 2 aromatic heterocycles. The van der Waals surface area contributed by atoms with Crippen molar-refractivity contribution in [3.05, 3.63) is 47.0 Å². The Balaban J connectivity index is 2.31. The fourth-order valence-electron chi connectivity index (χ4n) is 2.09. The maximum absolute atomic E-state index is 13.8. The first-order valence-corrected chi connectivity index (χ1v) is 6.54. The van der Waals surface area contributed by atoms with Gasteiger partial charge in [-0.05, 0) is 31.2 Å². The molecular formula is C14H11ClFN5. The number of fused-ring (bicyclic) bond motifs is 1. The first-order chi connectivity index (χ1) is 10.1. The third-order valence-corrected chi connectivity index (χ3v) is 3.44. The van der Waals surface area contributed by atoms with Crippen LogP contribution >= 0.6 is 11.6 Å². The van der Waals surface area contributed by atoms with Crippen LogP contribution < -0.4 is 11.3 Å². The molecule has 0 bridgehead atoms. The van der Waals surface area contributed by atoms with Gasteiger partial charge in [0.25, 0.3) is 0 Å². The first-order valence-electron chi connectivity index (χ1n) is 6.16. The van der Waals surface area contributed by atoms with Gasteiger partial charge in [-0.15, -0.1) is 0 Å². The van der Waals surface area contributed by atoms with Gasteiger partial charge in [-0.2, -0.15) is 0 Å². The Kier molecular flexibility index (Phi) is 3.40. The van der Waals surface area contributed by atoms with Crippen molar-refractivity contribution in [2.75, 3.05) is 5.43 Å². The van der Waals surface area contributed by atoms with E-state index in [1.807, 2.05) is 6.07 Å². The molecule has 7 heteroatoms. The lowest BCUT2D eigenvalue weighted by Gasteiger charge is -2.09. The van der Waals surface area contributed by atoms with E-state index in [4.69, 9.17) is 17.4 Å². The number of benzene rings is 1. The zero-order chi connectivity index (χ0) is 15.0. The minimum atomic E-state index is -0.576. The number of rotatable bonds is 2. The number of nitrogens with zero attached hydrogens (tertiary/aromatic N) is 3. The molecule has 0 saturated heterocycles. The number of hydrazine groups is 1. The molecule has 3 N–H and O–H groups in total. The van der Waals surface area contributed by atoms with Crippen LogP contribution in [0.2, 0.25) is 5.02 Å². The zero-order valence-corrected chi connectivity index (χ0v) is 11.8. The lowest BCUT2D eigenvalue weighted by Crippen LogP contribution is -2.13. The summed E-state index contributed by atoms with van der Waals surface area (Å²) in [6, 6.07) is 7.14. The highest BCUT2D eigenvalue weighted by Crippen LogP contribution is 2.30. The molecule has 0 saturated carbocycles. The van der Waals surface area contributed by atoms with Crippen LogP contribution in [0.15, 0.2) is 30.5 Å². The predicted molar refractivity (Wildman–Crippen MR) is 80.3 cm³/mol. The quantitative estimate of drug-likeness (QED) is 0.562. The molecule has 0 spiro atoms. The van der Waals surface area contributed by atoms with Gasteiger partial charge in [0.1, 0.15) is 0 Å². The van der Waals surface area contributed by atoms with Gasteiger partial charge in [0.15, 0.2) is 17.5 Å². The van der Waals surface area contributed by atoms with Crippen LogP contribution in [-0.4, -0.2) is 15.0 Å². The number of pyridine rings is 1. The van der Waals surface area contributed by atoms with Crippen molar-refractivity contribution in [1.82, 2.24) is 15.0 Å². The Morgan fingerprint density at radius 2 is 2.05 bits per heavy atom. The highest BCUT2D eigenvalue weighted by Gasteiger charge is 2.15. The minimum Gasteiger partial charge on any atom is -0.306 e. The number of nitrogens with one attached hydrogen (secondary N) is 1. The van der Waals surface area contributed by atoms with E-state index in [9.17, 15) is 4.39 Å². The number of anilines is 1. The average Bonchev–Trinajstić information content (AvgIpc) is 2.51. The molecule has 3 rings (SSSR count). The maximum Gasteiger partial charge on any atom is 0.187 e. The number of hydrogen-bond donors (Lipinski definition) is 2. The lowest BCUT2D eigenvalue weighted by molar-refractivity contribution is 0.606.